The first kappa shape index (κ1) is 27.9. The Morgan fingerprint density at radius 2 is 1.86 bits per heavy atom. The highest BCUT2D eigenvalue weighted by Gasteiger charge is 2.28. The van der Waals surface area contributed by atoms with Gasteiger partial charge in [0.25, 0.3) is 0 Å². The van der Waals surface area contributed by atoms with Gasteiger partial charge in [-0.15, -0.1) is 0 Å². The Kier molecular flexibility index (Phi) is 8.49. The summed E-state index contributed by atoms with van der Waals surface area (Å²) in [5.41, 5.74) is 4.25. The van der Waals surface area contributed by atoms with Crippen LogP contribution in [0.5, 0.6) is 11.5 Å². The van der Waals surface area contributed by atoms with Crippen LogP contribution in [-0.4, -0.2) is 82.8 Å². The fourth-order valence-corrected chi connectivity index (χ4v) is 6.07. The molecule has 4 heterocycles. The Bertz CT molecular complexity index is 1440. The molecular formula is C32H36N6O4. The van der Waals surface area contributed by atoms with Gasteiger partial charge in [0, 0.05) is 50.0 Å². The molecule has 1 amide bonds. The number of likely N-dealkylation sites (tertiary alicyclic amines) is 2. The average Bonchev–Trinajstić information content (AvgIpc) is 3.72. The summed E-state index contributed by atoms with van der Waals surface area (Å²) in [7, 11) is 0. The lowest BCUT2D eigenvalue weighted by molar-refractivity contribution is -0.135. The third-order valence-corrected chi connectivity index (χ3v) is 8.42. The molecule has 3 aliphatic heterocycles. The van der Waals surface area contributed by atoms with E-state index in [1.165, 1.54) is 25.9 Å². The third kappa shape index (κ3) is 6.17. The Balaban J connectivity index is 1.10. The van der Waals surface area contributed by atoms with Gasteiger partial charge in [0.1, 0.15) is 49.0 Å². The molecule has 0 saturated carbocycles. The van der Waals surface area contributed by atoms with Crippen LogP contribution in [0.15, 0.2) is 48.8 Å². The zero-order valence-electron chi connectivity index (χ0n) is 23.7. The molecule has 1 atom stereocenters. The van der Waals surface area contributed by atoms with Gasteiger partial charge < -0.3 is 24.8 Å². The first-order chi connectivity index (χ1) is 20.6. The molecule has 0 radical (unpaired) electrons. The van der Waals surface area contributed by atoms with Crippen molar-refractivity contribution in [3.05, 3.63) is 65.5 Å². The van der Waals surface area contributed by atoms with Gasteiger partial charge >= 0.3 is 0 Å². The number of nitrogens with one attached hydrogen (secondary N) is 1. The Hall–Kier alpha value is -4.20. The number of aliphatic hydroxyl groups is 1. The van der Waals surface area contributed by atoms with E-state index in [9.17, 15) is 10.1 Å². The number of hydrogen-bond acceptors (Lipinski definition) is 9. The van der Waals surface area contributed by atoms with Crippen LogP contribution in [0, 0.1) is 11.3 Å². The molecule has 1 aromatic heterocycles. The van der Waals surface area contributed by atoms with Gasteiger partial charge in [0.15, 0.2) is 0 Å². The number of ether oxygens (including phenoxy) is 2. The van der Waals surface area contributed by atoms with E-state index in [1.807, 2.05) is 30.3 Å². The summed E-state index contributed by atoms with van der Waals surface area (Å²) in [6.45, 7) is 4.59. The Morgan fingerprint density at radius 3 is 2.60 bits per heavy atom. The highest BCUT2D eigenvalue weighted by molar-refractivity contribution is 5.77. The maximum absolute atomic E-state index is 11.7. The number of rotatable bonds is 9. The fourth-order valence-electron chi connectivity index (χ4n) is 6.07. The number of aromatic nitrogens is 2. The van der Waals surface area contributed by atoms with E-state index >= 15 is 0 Å². The average molecular weight is 569 g/mol. The minimum absolute atomic E-state index is 0.0655. The lowest BCUT2D eigenvalue weighted by Crippen LogP contribution is -2.42. The Morgan fingerprint density at radius 1 is 1.07 bits per heavy atom. The number of hydrogen-bond donors (Lipinski definition) is 2. The van der Waals surface area contributed by atoms with Crippen molar-refractivity contribution in [1.29, 1.82) is 5.26 Å². The van der Waals surface area contributed by atoms with Crippen molar-refractivity contribution in [3.8, 4) is 28.8 Å². The maximum atomic E-state index is 11.7. The second-order valence-electron chi connectivity index (χ2n) is 11.1. The SMILES string of the molecule is N#Cc1cc(-c2ncnc3c2CC(c2ccc(OCCN4CCCC4)cc2)N3)ccc1OC1CCN(C(=O)CO)CC1. The number of benzene rings is 2. The van der Waals surface area contributed by atoms with Crippen LogP contribution in [0.1, 0.15) is 48.4 Å². The fraction of sp³-hybridized carbons (Fsp3) is 0.438. The van der Waals surface area contributed by atoms with Crippen LogP contribution in [0.25, 0.3) is 11.3 Å². The van der Waals surface area contributed by atoms with Crippen molar-refractivity contribution in [2.24, 2.45) is 0 Å². The summed E-state index contributed by atoms with van der Waals surface area (Å²) in [5, 5.41) is 22.5. The smallest absolute Gasteiger partial charge is 0.248 e. The molecule has 6 rings (SSSR count). The van der Waals surface area contributed by atoms with Crippen molar-refractivity contribution in [2.45, 2.75) is 44.2 Å². The van der Waals surface area contributed by atoms with E-state index < -0.39 is 6.61 Å². The van der Waals surface area contributed by atoms with Gasteiger partial charge in [-0.3, -0.25) is 9.69 Å². The molecule has 2 saturated heterocycles. The quantitative estimate of drug-likeness (QED) is 0.399. The third-order valence-electron chi connectivity index (χ3n) is 8.42. The van der Waals surface area contributed by atoms with E-state index in [2.05, 4.69) is 38.4 Å². The molecule has 10 nitrogen and oxygen atoms in total. The van der Waals surface area contributed by atoms with Crippen LogP contribution in [0.4, 0.5) is 5.82 Å². The van der Waals surface area contributed by atoms with Gasteiger partial charge in [-0.05, 0) is 61.8 Å². The predicted molar refractivity (Wildman–Crippen MR) is 157 cm³/mol. The molecule has 2 aromatic carbocycles. The lowest BCUT2D eigenvalue weighted by Gasteiger charge is -2.32. The van der Waals surface area contributed by atoms with Gasteiger partial charge in [-0.2, -0.15) is 5.26 Å². The first-order valence-electron chi connectivity index (χ1n) is 14.8. The maximum Gasteiger partial charge on any atom is 0.248 e. The van der Waals surface area contributed by atoms with Crippen LogP contribution in [-0.2, 0) is 11.2 Å². The molecular weight excluding hydrogens is 532 g/mol. The first-order valence-corrected chi connectivity index (χ1v) is 14.8. The summed E-state index contributed by atoms with van der Waals surface area (Å²) in [5.74, 6) is 1.94. The normalized spacial score (nSPS) is 18.8. The van der Waals surface area contributed by atoms with Crippen LogP contribution in [0.3, 0.4) is 0 Å². The van der Waals surface area contributed by atoms with Crippen LogP contribution < -0.4 is 14.8 Å². The van der Waals surface area contributed by atoms with E-state index in [0.29, 0.717) is 43.9 Å². The van der Waals surface area contributed by atoms with E-state index in [1.54, 1.807) is 11.2 Å². The summed E-state index contributed by atoms with van der Waals surface area (Å²) in [6.07, 6.45) is 6.06. The molecule has 2 fully saturated rings. The largest absolute Gasteiger partial charge is 0.492 e. The minimum Gasteiger partial charge on any atom is -0.492 e. The van der Waals surface area contributed by atoms with Crippen molar-refractivity contribution in [2.75, 3.05) is 51.3 Å². The minimum atomic E-state index is -0.477. The summed E-state index contributed by atoms with van der Waals surface area (Å²) < 4.78 is 12.2. The molecule has 218 valence electrons. The van der Waals surface area contributed by atoms with Crippen LogP contribution >= 0.6 is 0 Å². The van der Waals surface area contributed by atoms with Gasteiger partial charge in [0.05, 0.1) is 17.3 Å². The van der Waals surface area contributed by atoms with Gasteiger partial charge in [0.2, 0.25) is 5.91 Å². The Labute approximate surface area is 245 Å². The second kappa shape index (κ2) is 12.8. The van der Waals surface area contributed by atoms with E-state index in [4.69, 9.17) is 14.6 Å². The highest BCUT2D eigenvalue weighted by Crippen LogP contribution is 2.39. The zero-order chi connectivity index (χ0) is 28.9. The molecule has 0 aliphatic carbocycles. The highest BCUT2D eigenvalue weighted by atomic mass is 16.5. The molecule has 0 bridgehead atoms. The van der Waals surface area contributed by atoms with Crippen LogP contribution in [0.2, 0.25) is 0 Å². The molecule has 3 aliphatic rings. The molecule has 0 spiro atoms. The van der Waals surface area contributed by atoms with Crippen molar-refractivity contribution >= 4 is 11.7 Å². The number of nitrogens with zero attached hydrogens (tertiary/aromatic N) is 5. The monoisotopic (exact) mass is 568 g/mol. The summed E-state index contributed by atoms with van der Waals surface area (Å²) in [6, 6.07) is 16.2. The van der Waals surface area contributed by atoms with Gasteiger partial charge in [-0.25, -0.2) is 9.97 Å². The molecule has 10 heteroatoms. The van der Waals surface area contributed by atoms with Gasteiger partial charge in [-0.1, -0.05) is 12.1 Å². The number of fused-ring (bicyclic) bond motifs is 1. The second-order valence-corrected chi connectivity index (χ2v) is 11.1. The summed E-state index contributed by atoms with van der Waals surface area (Å²) in [4.78, 5) is 24.9. The lowest BCUT2D eigenvalue weighted by atomic mass is 9.98. The van der Waals surface area contributed by atoms with Crippen molar-refractivity contribution in [3.63, 3.8) is 0 Å². The molecule has 2 N–H and O–H groups in total. The zero-order valence-corrected chi connectivity index (χ0v) is 23.7. The standard InChI is InChI=1S/C32H36N6O4/c33-19-24-17-23(5-8-29(24)42-26-9-13-38(14-10-26)30(40)20-39)31-27-18-28(36-32(27)35-21-34-31)22-3-6-25(7-4-22)41-16-15-37-11-1-2-12-37/h3-8,17,21,26,28,39H,1-2,9-16,18,20H2,(H,34,35,36). The molecule has 1 unspecified atom stereocenters. The number of carbonyl (C=O) groups is 1. The number of piperidine rings is 1. The number of aliphatic hydroxyl groups excluding tert-OH is 1. The topological polar surface area (TPSA) is 124 Å². The van der Waals surface area contributed by atoms with Crippen molar-refractivity contribution < 1.29 is 19.4 Å². The van der Waals surface area contributed by atoms with Crippen molar-refractivity contribution in [1.82, 2.24) is 19.8 Å². The summed E-state index contributed by atoms with van der Waals surface area (Å²) >= 11 is 0. The number of anilines is 1. The van der Waals surface area contributed by atoms with E-state index in [0.717, 1.165) is 46.9 Å². The van der Waals surface area contributed by atoms with E-state index in [-0.39, 0.29) is 18.1 Å². The molecule has 3 aromatic rings. The predicted octanol–water partition coefficient (Wildman–Crippen LogP) is 3.56. The molecule has 42 heavy (non-hydrogen) atoms. The number of nitriles is 1. The number of amides is 1. The number of carbonyl (C=O) groups excluding carboxylic acids is 1.